The van der Waals surface area contributed by atoms with Gasteiger partial charge in [0.05, 0.1) is 17.8 Å². The molecular formula is C16H18ClFN2O. The van der Waals surface area contributed by atoms with Crippen molar-refractivity contribution in [2.45, 2.75) is 32.9 Å². The summed E-state index contributed by atoms with van der Waals surface area (Å²) in [5.74, 6) is 0.193. The number of hydrogen-bond donors (Lipinski definition) is 1. The Kier molecular flexibility index (Phi) is 5.02. The van der Waals surface area contributed by atoms with Crippen molar-refractivity contribution in [3.05, 3.63) is 52.9 Å². The average Bonchev–Trinajstić information content (AvgIpc) is 2.40. The Bertz CT molecular complexity index is 619. The Morgan fingerprint density at radius 1 is 1.24 bits per heavy atom. The number of benzene rings is 1. The highest BCUT2D eigenvalue weighted by Gasteiger charge is 2.13. The molecule has 0 saturated heterocycles. The summed E-state index contributed by atoms with van der Waals surface area (Å²) in [6.07, 6.45) is 1.71. The molecule has 21 heavy (non-hydrogen) atoms. The van der Waals surface area contributed by atoms with E-state index in [0.29, 0.717) is 10.9 Å². The number of anilines is 1. The molecule has 5 heteroatoms. The molecule has 1 N–H and O–H groups in total. The predicted molar refractivity (Wildman–Crippen MR) is 83.4 cm³/mol. The molecule has 0 saturated carbocycles. The van der Waals surface area contributed by atoms with Gasteiger partial charge in [0.2, 0.25) is 5.88 Å². The number of hydrogen-bond acceptors (Lipinski definition) is 3. The number of halogens is 2. The van der Waals surface area contributed by atoms with Gasteiger partial charge >= 0.3 is 0 Å². The minimum absolute atomic E-state index is 0.0326. The third kappa shape index (κ3) is 4.08. The first-order chi connectivity index (χ1) is 9.97. The van der Waals surface area contributed by atoms with E-state index in [2.05, 4.69) is 10.3 Å². The highest BCUT2D eigenvalue weighted by Crippen LogP contribution is 2.30. The van der Waals surface area contributed by atoms with E-state index in [1.165, 1.54) is 12.1 Å². The third-order valence-electron chi connectivity index (χ3n) is 2.92. The Morgan fingerprint density at radius 3 is 2.67 bits per heavy atom. The maximum atomic E-state index is 13.1. The second-order valence-electron chi connectivity index (χ2n) is 5.05. The maximum absolute atomic E-state index is 13.1. The van der Waals surface area contributed by atoms with Crippen LogP contribution < -0.4 is 10.1 Å². The van der Waals surface area contributed by atoms with Crippen molar-refractivity contribution in [3.63, 3.8) is 0 Å². The normalized spacial score (nSPS) is 12.3. The van der Waals surface area contributed by atoms with Crippen LogP contribution in [0.2, 0.25) is 5.02 Å². The van der Waals surface area contributed by atoms with Crippen LogP contribution in [0, 0.1) is 5.82 Å². The minimum atomic E-state index is -0.346. The van der Waals surface area contributed by atoms with Crippen molar-refractivity contribution < 1.29 is 9.13 Å². The van der Waals surface area contributed by atoms with Gasteiger partial charge in [0, 0.05) is 11.2 Å². The number of ether oxygens (including phenoxy) is 1. The molecule has 2 aromatic rings. The third-order valence-corrected chi connectivity index (χ3v) is 3.25. The SMILES string of the molecule is CC(C)Oc1ncccc1NC(C)c1ccc(F)cc1Cl. The molecule has 0 amide bonds. The number of nitrogens with zero attached hydrogens (tertiary/aromatic N) is 1. The summed E-state index contributed by atoms with van der Waals surface area (Å²) in [5.41, 5.74) is 1.59. The van der Waals surface area contributed by atoms with E-state index in [-0.39, 0.29) is 18.0 Å². The van der Waals surface area contributed by atoms with Crippen LogP contribution in [0.1, 0.15) is 32.4 Å². The zero-order valence-corrected chi connectivity index (χ0v) is 13.0. The van der Waals surface area contributed by atoms with Crippen molar-refractivity contribution in [1.82, 2.24) is 4.98 Å². The predicted octanol–water partition coefficient (Wildman–Crippen LogP) is 4.83. The summed E-state index contributed by atoms with van der Waals surface area (Å²) in [5, 5.41) is 3.69. The topological polar surface area (TPSA) is 34.1 Å². The van der Waals surface area contributed by atoms with Crippen molar-refractivity contribution >= 4 is 17.3 Å². The van der Waals surface area contributed by atoms with Crippen LogP contribution in [0.4, 0.5) is 10.1 Å². The zero-order chi connectivity index (χ0) is 15.4. The molecule has 0 aliphatic carbocycles. The molecule has 0 bridgehead atoms. The second-order valence-corrected chi connectivity index (χ2v) is 5.46. The molecule has 0 aliphatic rings. The number of aromatic nitrogens is 1. The van der Waals surface area contributed by atoms with E-state index in [4.69, 9.17) is 16.3 Å². The largest absolute Gasteiger partial charge is 0.473 e. The van der Waals surface area contributed by atoms with Crippen molar-refractivity contribution in [2.24, 2.45) is 0 Å². The standard InChI is InChI=1S/C16H18ClFN2O/c1-10(2)21-16-15(5-4-8-19-16)20-11(3)13-7-6-12(18)9-14(13)17/h4-11,20H,1-3H3. The highest BCUT2D eigenvalue weighted by molar-refractivity contribution is 6.31. The number of pyridine rings is 1. The van der Waals surface area contributed by atoms with Crippen LogP contribution in [0.5, 0.6) is 5.88 Å². The molecular weight excluding hydrogens is 291 g/mol. The van der Waals surface area contributed by atoms with Gasteiger partial charge in [-0.05, 0) is 50.6 Å². The molecule has 2 rings (SSSR count). The van der Waals surface area contributed by atoms with Crippen LogP contribution in [0.15, 0.2) is 36.5 Å². The van der Waals surface area contributed by atoms with E-state index >= 15 is 0 Å². The fourth-order valence-electron chi connectivity index (χ4n) is 1.98. The molecule has 112 valence electrons. The number of rotatable bonds is 5. The van der Waals surface area contributed by atoms with Crippen LogP contribution in [-0.4, -0.2) is 11.1 Å². The van der Waals surface area contributed by atoms with Gasteiger partial charge in [-0.1, -0.05) is 17.7 Å². The summed E-state index contributed by atoms with van der Waals surface area (Å²) in [6.45, 7) is 5.84. The van der Waals surface area contributed by atoms with Crippen LogP contribution >= 0.6 is 11.6 Å². The molecule has 0 spiro atoms. The van der Waals surface area contributed by atoms with Gasteiger partial charge < -0.3 is 10.1 Å². The van der Waals surface area contributed by atoms with Gasteiger partial charge in [-0.3, -0.25) is 0 Å². The summed E-state index contributed by atoms with van der Waals surface area (Å²) < 4.78 is 18.8. The van der Waals surface area contributed by atoms with Crippen molar-refractivity contribution in [3.8, 4) is 5.88 Å². The molecule has 3 nitrogen and oxygen atoms in total. The van der Waals surface area contributed by atoms with E-state index in [0.717, 1.165) is 11.3 Å². The van der Waals surface area contributed by atoms with E-state index in [1.807, 2.05) is 32.9 Å². The van der Waals surface area contributed by atoms with Gasteiger partial charge in [-0.2, -0.15) is 0 Å². The first-order valence-corrected chi connectivity index (χ1v) is 7.18. The van der Waals surface area contributed by atoms with Crippen LogP contribution in [-0.2, 0) is 0 Å². The Balaban J connectivity index is 2.21. The molecule has 1 atom stereocenters. The summed E-state index contributed by atoms with van der Waals surface area (Å²) in [4.78, 5) is 4.22. The lowest BCUT2D eigenvalue weighted by molar-refractivity contribution is 0.234. The first kappa shape index (κ1) is 15.6. The van der Waals surface area contributed by atoms with Crippen LogP contribution in [0.25, 0.3) is 0 Å². The maximum Gasteiger partial charge on any atom is 0.237 e. The molecule has 0 fully saturated rings. The minimum Gasteiger partial charge on any atom is -0.473 e. The number of nitrogens with one attached hydrogen (secondary N) is 1. The van der Waals surface area contributed by atoms with Gasteiger partial charge in [0.1, 0.15) is 5.82 Å². The summed E-state index contributed by atoms with van der Waals surface area (Å²) in [7, 11) is 0. The fraction of sp³-hybridized carbons (Fsp3) is 0.312. The smallest absolute Gasteiger partial charge is 0.237 e. The van der Waals surface area contributed by atoms with Crippen molar-refractivity contribution in [1.29, 1.82) is 0 Å². The quantitative estimate of drug-likeness (QED) is 0.858. The highest BCUT2D eigenvalue weighted by atomic mass is 35.5. The second kappa shape index (κ2) is 6.76. The Hall–Kier alpha value is -1.81. The van der Waals surface area contributed by atoms with Gasteiger partial charge in [-0.25, -0.2) is 9.37 Å². The van der Waals surface area contributed by atoms with Gasteiger partial charge in [0.15, 0.2) is 0 Å². The van der Waals surface area contributed by atoms with E-state index < -0.39 is 0 Å². The lowest BCUT2D eigenvalue weighted by atomic mass is 10.1. The lowest BCUT2D eigenvalue weighted by Crippen LogP contribution is -2.12. The zero-order valence-electron chi connectivity index (χ0n) is 12.2. The van der Waals surface area contributed by atoms with E-state index in [1.54, 1.807) is 12.3 Å². The Labute approximate surface area is 129 Å². The van der Waals surface area contributed by atoms with Crippen LogP contribution in [0.3, 0.4) is 0 Å². The molecule has 1 aromatic heterocycles. The molecule has 0 radical (unpaired) electrons. The van der Waals surface area contributed by atoms with Gasteiger partial charge in [-0.15, -0.1) is 0 Å². The monoisotopic (exact) mass is 308 g/mol. The molecule has 0 aliphatic heterocycles. The van der Waals surface area contributed by atoms with Crippen molar-refractivity contribution in [2.75, 3.05) is 5.32 Å². The lowest BCUT2D eigenvalue weighted by Gasteiger charge is -2.19. The molecule has 1 aromatic carbocycles. The first-order valence-electron chi connectivity index (χ1n) is 6.80. The van der Waals surface area contributed by atoms with E-state index in [9.17, 15) is 4.39 Å². The van der Waals surface area contributed by atoms with Gasteiger partial charge in [0.25, 0.3) is 0 Å². The Morgan fingerprint density at radius 2 is 2.00 bits per heavy atom. The summed E-state index contributed by atoms with van der Waals surface area (Å²) >= 11 is 6.09. The fourth-order valence-corrected chi connectivity index (χ4v) is 2.31. The molecule has 1 heterocycles. The molecule has 1 unspecified atom stereocenters. The summed E-state index contributed by atoms with van der Waals surface area (Å²) in [6, 6.07) is 8.00. The average molecular weight is 309 g/mol.